The van der Waals surface area contributed by atoms with Crippen LogP contribution >= 0.6 is 23.2 Å². The Balaban J connectivity index is 2.10. The van der Waals surface area contributed by atoms with E-state index in [1.807, 2.05) is 25.1 Å². The third kappa shape index (κ3) is 4.41. The van der Waals surface area contributed by atoms with E-state index in [1.54, 1.807) is 18.2 Å². The molecule has 0 aliphatic carbocycles. The molecule has 0 saturated heterocycles. The van der Waals surface area contributed by atoms with Gasteiger partial charge < -0.3 is 9.84 Å². The normalized spacial score (nSPS) is 9.90. The van der Waals surface area contributed by atoms with Crippen LogP contribution in [-0.4, -0.2) is 11.7 Å². The second-order valence-corrected chi connectivity index (χ2v) is 5.30. The summed E-state index contributed by atoms with van der Waals surface area (Å²) in [6.07, 6.45) is 0. The number of hydrogen-bond acceptors (Lipinski definition) is 2. The maximum absolute atomic E-state index is 8.71. The Morgan fingerprint density at radius 3 is 2.67 bits per heavy atom. The lowest BCUT2D eigenvalue weighted by Crippen LogP contribution is -1.97. The van der Waals surface area contributed by atoms with Crippen molar-refractivity contribution in [1.82, 2.24) is 0 Å². The van der Waals surface area contributed by atoms with Gasteiger partial charge in [0.05, 0.1) is 0 Å². The first-order chi connectivity index (χ1) is 10.1. The predicted octanol–water partition coefficient (Wildman–Crippen LogP) is 4.22. The number of rotatable bonds is 3. The van der Waals surface area contributed by atoms with Crippen molar-refractivity contribution in [2.24, 2.45) is 0 Å². The van der Waals surface area contributed by atoms with Gasteiger partial charge in [0.1, 0.15) is 19.0 Å². The van der Waals surface area contributed by atoms with Crippen LogP contribution in [0.5, 0.6) is 5.75 Å². The Bertz CT molecular complexity index is 700. The maximum atomic E-state index is 8.71. The van der Waals surface area contributed by atoms with Gasteiger partial charge in [-0.2, -0.15) is 0 Å². The molecule has 21 heavy (non-hydrogen) atoms. The van der Waals surface area contributed by atoms with Crippen molar-refractivity contribution in [3.05, 3.63) is 63.1 Å². The molecule has 1 N–H and O–H groups in total. The van der Waals surface area contributed by atoms with Crippen molar-refractivity contribution in [2.75, 3.05) is 6.61 Å². The lowest BCUT2D eigenvalue weighted by atomic mass is 10.1. The Kier molecular flexibility index (Phi) is 5.52. The van der Waals surface area contributed by atoms with Gasteiger partial charge in [-0.15, -0.1) is 0 Å². The molecule has 2 rings (SSSR count). The summed E-state index contributed by atoms with van der Waals surface area (Å²) >= 11 is 12.0. The molecule has 2 aromatic rings. The number of benzene rings is 2. The topological polar surface area (TPSA) is 29.5 Å². The van der Waals surface area contributed by atoms with Crippen molar-refractivity contribution in [2.45, 2.75) is 13.5 Å². The van der Waals surface area contributed by atoms with E-state index in [2.05, 4.69) is 11.8 Å². The van der Waals surface area contributed by atoms with E-state index in [9.17, 15) is 0 Å². The molecule has 4 heteroatoms. The average molecular weight is 321 g/mol. The average Bonchev–Trinajstić information content (AvgIpc) is 2.47. The molecule has 2 nitrogen and oxygen atoms in total. The Labute approximate surface area is 134 Å². The largest absolute Gasteiger partial charge is 0.489 e. The summed E-state index contributed by atoms with van der Waals surface area (Å²) in [5.41, 5.74) is 2.70. The minimum atomic E-state index is -0.148. The van der Waals surface area contributed by atoms with Crippen LogP contribution in [0.1, 0.15) is 16.7 Å². The highest BCUT2D eigenvalue weighted by atomic mass is 35.5. The number of aliphatic hydroxyl groups is 1. The highest BCUT2D eigenvalue weighted by molar-refractivity contribution is 6.33. The molecule has 0 spiro atoms. The fourth-order valence-corrected chi connectivity index (χ4v) is 2.18. The van der Waals surface area contributed by atoms with Gasteiger partial charge in [0.2, 0.25) is 0 Å². The monoisotopic (exact) mass is 320 g/mol. The van der Waals surface area contributed by atoms with Crippen molar-refractivity contribution in [3.8, 4) is 17.6 Å². The van der Waals surface area contributed by atoms with Crippen LogP contribution in [0.4, 0.5) is 0 Å². The molecule has 0 atom stereocenters. The van der Waals surface area contributed by atoms with Crippen LogP contribution in [0.15, 0.2) is 36.4 Å². The zero-order chi connectivity index (χ0) is 15.2. The van der Waals surface area contributed by atoms with Crippen molar-refractivity contribution in [3.63, 3.8) is 0 Å². The summed E-state index contributed by atoms with van der Waals surface area (Å²) < 4.78 is 5.73. The standard InChI is InChI=1S/C17H14Cl2O2/c1-12-9-16(6-4-13(12)3-2-8-20)21-11-14-10-15(18)5-7-17(14)19/h4-7,9-10,20H,8,11H2,1H3. The molecule has 0 fully saturated rings. The number of aliphatic hydroxyl groups excluding tert-OH is 1. The molecule has 0 bridgehead atoms. The summed E-state index contributed by atoms with van der Waals surface area (Å²) in [6.45, 7) is 2.14. The van der Waals surface area contributed by atoms with Crippen molar-refractivity contribution < 1.29 is 9.84 Å². The van der Waals surface area contributed by atoms with Crippen molar-refractivity contribution in [1.29, 1.82) is 0 Å². The smallest absolute Gasteiger partial charge is 0.120 e. The third-order valence-electron chi connectivity index (χ3n) is 2.90. The molecule has 0 aromatic heterocycles. The first-order valence-electron chi connectivity index (χ1n) is 6.37. The van der Waals surface area contributed by atoms with Crippen LogP contribution in [0.2, 0.25) is 10.0 Å². The van der Waals surface area contributed by atoms with E-state index in [-0.39, 0.29) is 6.61 Å². The summed E-state index contributed by atoms with van der Waals surface area (Å²) in [6, 6.07) is 10.9. The summed E-state index contributed by atoms with van der Waals surface area (Å²) in [4.78, 5) is 0. The molecule has 0 amide bonds. The first-order valence-corrected chi connectivity index (χ1v) is 7.13. The van der Waals surface area contributed by atoms with E-state index < -0.39 is 0 Å². The fourth-order valence-electron chi connectivity index (χ4n) is 1.82. The summed E-state index contributed by atoms with van der Waals surface area (Å²) in [7, 11) is 0. The van der Waals surface area contributed by atoms with Gasteiger partial charge in [-0.3, -0.25) is 0 Å². The van der Waals surface area contributed by atoms with Gasteiger partial charge in [-0.1, -0.05) is 35.0 Å². The molecule has 0 aliphatic rings. The number of halogens is 2. The van der Waals surface area contributed by atoms with Gasteiger partial charge in [-0.25, -0.2) is 0 Å². The zero-order valence-electron chi connectivity index (χ0n) is 11.5. The van der Waals surface area contributed by atoms with Crippen LogP contribution in [0.3, 0.4) is 0 Å². The van der Waals surface area contributed by atoms with Crippen LogP contribution < -0.4 is 4.74 Å². The number of hydrogen-bond donors (Lipinski definition) is 1. The lowest BCUT2D eigenvalue weighted by molar-refractivity contribution is 0.306. The minimum Gasteiger partial charge on any atom is -0.489 e. The second kappa shape index (κ2) is 7.38. The van der Waals surface area contributed by atoms with Gasteiger partial charge in [0.15, 0.2) is 0 Å². The van der Waals surface area contributed by atoms with Crippen LogP contribution in [0.25, 0.3) is 0 Å². The van der Waals surface area contributed by atoms with E-state index in [1.165, 1.54) is 0 Å². The molecular weight excluding hydrogens is 307 g/mol. The molecule has 0 unspecified atom stereocenters. The highest BCUT2D eigenvalue weighted by Gasteiger charge is 2.04. The van der Waals surface area contributed by atoms with Crippen LogP contribution in [0, 0.1) is 18.8 Å². The van der Waals surface area contributed by atoms with E-state index >= 15 is 0 Å². The van der Waals surface area contributed by atoms with E-state index in [4.69, 9.17) is 33.0 Å². The summed E-state index contributed by atoms with van der Waals surface area (Å²) in [5.74, 6) is 6.25. The van der Waals surface area contributed by atoms with Gasteiger partial charge in [0.25, 0.3) is 0 Å². The Morgan fingerprint density at radius 1 is 1.14 bits per heavy atom. The second-order valence-electron chi connectivity index (χ2n) is 4.46. The fraction of sp³-hybridized carbons (Fsp3) is 0.176. The molecule has 0 radical (unpaired) electrons. The molecular formula is C17H14Cl2O2. The minimum absolute atomic E-state index is 0.148. The molecule has 0 aliphatic heterocycles. The van der Waals surface area contributed by atoms with Gasteiger partial charge >= 0.3 is 0 Å². The first kappa shape index (κ1) is 15.7. The maximum Gasteiger partial charge on any atom is 0.120 e. The van der Waals surface area contributed by atoms with Gasteiger partial charge in [0, 0.05) is 21.2 Å². The lowest BCUT2D eigenvalue weighted by Gasteiger charge is -2.09. The molecule has 0 heterocycles. The quantitative estimate of drug-likeness (QED) is 0.858. The predicted molar refractivity (Wildman–Crippen MR) is 85.9 cm³/mol. The van der Waals surface area contributed by atoms with Crippen LogP contribution in [-0.2, 0) is 6.61 Å². The molecule has 0 saturated carbocycles. The van der Waals surface area contributed by atoms with E-state index in [0.717, 1.165) is 22.4 Å². The zero-order valence-corrected chi connectivity index (χ0v) is 13.0. The Morgan fingerprint density at radius 2 is 1.95 bits per heavy atom. The SMILES string of the molecule is Cc1cc(OCc2cc(Cl)ccc2Cl)ccc1C#CCO. The Hall–Kier alpha value is -1.66. The summed E-state index contributed by atoms with van der Waals surface area (Å²) in [5, 5.41) is 9.97. The van der Waals surface area contributed by atoms with E-state index in [0.29, 0.717) is 16.7 Å². The number of ether oxygens (including phenoxy) is 1. The van der Waals surface area contributed by atoms with Crippen molar-refractivity contribution >= 4 is 23.2 Å². The molecule has 108 valence electrons. The van der Waals surface area contributed by atoms with Gasteiger partial charge in [-0.05, 0) is 48.9 Å². The highest BCUT2D eigenvalue weighted by Crippen LogP contribution is 2.23. The third-order valence-corrected chi connectivity index (χ3v) is 3.51. The molecule has 2 aromatic carbocycles. The number of aryl methyl sites for hydroxylation is 1.